The molecule has 1 unspecified atom stereocenters. The molecule has 2 aliphatic rings. The van der Waals surface area contributed by atoms with Crippen molar-refractivity contribution in [2.24, 2.45) is 0 Å². The highest BCUT2D eigenvalue weighted by atomic mass is 32.1. The van der Waals surface area contributed by atoms with Crippen molar-refractivity contribution in [1.82, 2.24) is 9.88 Å². The van der Waals surface area contributed by atoms with Crippen molar-refractivity contribution in [2.45, 2.75) is 69.8 Å². The molecule has 23 heavy (non-hydrogen) atoms. The van der Waals surface area contributed by atoms with Gasteiger partial charge in [-0.3, -0.25) is 5.32 Å². The third kappa shape index (κ3) is 4.44. The molecule has 2 N–H and O–H groups in total. The Balaban J connectivity index is 1.56. The highest BCUT2D eigenvalue weighted by Crippen LogP contribution is 2.36. The lowest BCUT2D eigenvalue weighted by molar-refractivity contribution is 0.0458. The average molecular weight is 337 g/mol. The fraction of sp³-hybridized carbons (Fsp3) is 0.765. The first kappa shape index (κ1) is 16.7. The Hall–Kier alpha value is -1.14. The first-order valence-corrected chi connectivity index (χ1v) is 9.59. The number of nitrogens with zero attached hydrogens (tertiary/aromatic N) is 2. The number of aromatic nitrogens is 1. The molecule has 0 spiro atoms. The summed E-state index contributed by atoms with van der Waals surface area (Å²) in [7, 11) is 0. The van der Waals surface area contributed by atoms with E-state index in [4.69, 9.17) is 0 Å². The molecule has 2 fully saturated rings. The zero-order valence-electron chi connectivity index (χ0n) is 13.9. The van der Waals surface area contributed by atoms with E-state index in [1.54, 1.807) is 16.2 Å². The van der Waals surface area contributed by atoms with E-state index in [0.717, 1.165) is 12.8 Å². The summed E-state index contributed by atoms with van der Waals surface area (Å²) in [5, 5.41) is 13.8. The first-order chi connectivity index (χ1) is 11.0. The molecule has 1 aromatic heterocycles. The molecular formula is C17H27N3O2S. The van der Waals surface area contributed by atoms with Crippen LogP contribution in [0.25, 0.3) is 0 Å². The molecule has 6 heteroatoms. The summed E-state index contributed by atoms with van der Waals surface area (Å²) in [6.07, 6.45) is 10.6. The molecule has 2 heterocycles. The number of urea groups is 1. The van der Waals surface area contributed by atoms with E-state index in [1.165, 1.54) is 37.0 Å². The van der Waals surface area contributed by atoms with Crippen LogP contribution in [0.15, 0.2) is 6.20 Å². The Labute approximate surface area is 142 Å². The Morgan fingerprint density at radius 2 is 2.09 bits per heavy atom. The summed E-state index contributed by atoms with van der Waals surface area (Å²) in [5.74, 6) is 0.625. The van der Waals surface area contributed by atoms with Gasteiger partial charge in [0.15, 0.2) is 5.13 Å². The molecule has 1 atom stereocenters. The molecule has 1 aliphatic heterocycles. The number of carbonyl (C=O) groups excluding carboxylic acids is 1. The van der Waals surface area contributed by atoms with Crippen LogP contribution in [0.3, 0.4) is 0 Å². The maximum atomic E-state index is 12.4. The monoisotopic (exact) mass is 337 g/mol. The first-order valence-electron chi connectivity index (χ1n) is 8.77. The fourth-order valence-electron chi connectivity index (χ4n) is 3.56. The van der Waals surface area contributed by atoms with Crippen molar-refractivity contribution in [3.8, 4) is 0 Å². The van der Waals surface area contributed by atoms with Crippen LogP contribution in [-0.4, -0.2) is 39.7 Å². The summed E-state index contributed by atoms with van der Waals surface area (Å²) in [4.78, 5) is 19.9. The van der Waals surface area contributed by atoms with E-state index in [-0.39, 0.29) is 6.03 Å². The van der Waals surface area contributed by atoms with Crippen LogP contribution < -0.4 is 5.32 Å². The van der Waals surface area contributed by atoms with E-state index in [1.807, 2.05) is 13.1 Å². The highest BCUT2D eigenvalue weighted by molar-refractivity contribution is 7.15. The van der Waals surface area contributed by atoms with Crippen molar-refractivity contribution in [3.63, 3.8) is 0 Å². The van der Waals surface area contributed by atoms with Gasteiger partial charge in [0.25, 0.3) is 0 Å². The molecule has 5 nitrogen and oxygen atoms in total. The van der Waals surface area contributed by atoms with Crippen molar-refractivity contribution in [3.05, 3.63) is 11.1 Å². The van der Waals surface area contributed by atoms with Crippen LogP contribution in [0.2, 0.25) is 0 Å². The minimum Gasteiger partial charge on any atom is -0.390 e. The lowest BCUT2D eigenvalue weighted by Crippen LogP contribution is -2.36. The largest absolute Gasteiger partial charge is 0.390 e. The molecule has 2 amide bonds. The van der Waals surface area contributed by atoms with E-state index in [2.05, 4.69) is 10.3 Å². The van der Waals surface area contributed by atoms with Gasteiger partial charge in [0.1, 0.15) is 0 Å². The van der Waals surface area contributed by atoms with Gasteiger partial charge in [-0.25, -0.2) is 9.78 Å². The van der Waals surface area contributed by atoms with Gasteiger partial charge in [-0.15, -0.1) is 11.3 Å². The van der Waals surface area contributed by atoms with Crippen LogP contribution in [0, 0.1) is 0 Å². The number of rotatable bonds is 2. The molecule has 0 aromatic carbocycles. The molecule has 128 valence electrons. The van der Waals surface area contributed by atoms with Gasteiger partial charge >= 0.3 is 6.03 Å². The predicted molar refractivity (Wildman–Crippen MR) is 93.0 cm³/mol. The Morgan fingerprint density at radius 1 is 1.30 bits per heavy atom. The van der Waals surface area contributed by atoms with E-state index in [0.29, 0.717) is 30.6 Å². The predicted octanol–water partition coefficient (Wildman–Crippen LogP) is 3.96. The van der Waals surface area contributed by atoms with E-state index in [9.17, 15) is 9.90 Å². The number of likely N-dealkylation sites (tertiary alicyclic amines) is 1. The van der Waals surface area contributed by atoms with Gasteiger partial charge in [0.05, 0.1) is 5.60 Å². The zero-order chi connectivity index (χ0) is 16.3. The summed E-state index contributed by atoms with van der Waals surface area (Å²) in [6.45, 7) is 3.15. The van der Waals surface area contributed by atoms with Gasteiger partial charge in [-0.2, -0.15) is 0 Å². The van der Waals surface area contributed by atoms with Crippen molar-refractivity contribution < 1.29 is 9.90 Å². The Kier molecular flexibility index (Phi) is 5.21. The summed E-state index contributed by atoms with van der Waals surface area (Å²) >= 11 is 1.62. The minimum absolute atomic E-state index is 0.0905. The molecule has 3 rings (SSSR count). The molecular weight excluding hydrogens is 310 g/mol. The topological polar surface area (TPSA) is 65.5 Å². The van der Waals surface area contributed by atoms with E-state index >= 15 is 0 Å². The second-order valence-electron chi connectivity index (χ2n) is 7.17. The van der Waals surface area contributed by atoms with Crippen LogP contribution in [0.1, 0.15) is 69.1 Å². The number of thiazole rings is 1. The Bertz CT molecular complexity index is 538. The number of nitrogens with one attached hydrogen (secondary N) is 1. The zero-order valence-corrected chi connectivity index (χ0v) is 14.7. The van der Waals surface area contributed by atoms with Crippen molar-refractivity contribution in [2.75, 3.05) is 18.4 Å². The lowest BCUT2D eigenvalue weighted by atomic mass is 9.89. The standard InChI is InChI=1S/C17H27N3O2S/c1-17(22)8-5-10-20(11-9-17)16(21)19-15-18-12-14(23-15)13-6-3-2-4-7-13/h12-13,22H,2-11H2,1H3,(H,18,19,21). The quantitative estimate of drug-likeness (QED) is 0.858. The van der Waals surface area contributed by atoms with Gasteiger partial charge in [-0.05, 0) is 44.9 Å². The highest BCUT2D eigenvalue weighted by Gasteiger charge is 2.27. The number of amides is 2. The summed E-state index contributed by atoms with van der Waals surface area (Å²) < 4.78 is 0. The van der Waals surface area contributed by atoms with Crippen molar-refractivity contribution >= 4 is 22.5 Å². The number of carbonyl (C=O) groups is 1. The number of hydrogen-bond acceptors (Lipinski definition) is 4. The minimum atomic E-state index is -0.648. The van der Waals surface area contributed by atoms with Crippen LogP contribution in [0.5, 0.6) is 0 Å². The van der Waals surface area contributed by atoms with Crippen molar-refractivity contribution in [1.29, 1.82) is 0 Å². The SMILES string of the molecule is CC1(O)CCCN(C(=O)Nc2ncc(C3CCCCC3)s2)CC1. The second kappa shape index (κ2) is 7.18. The molecule has 0 radical (unpaired) electrons. The summed E-state index contributed by atoms with van der Waals surface area (Å²) in [6, 6.07) is -0.0905. The Morgan fingerprint density at radius 3 is 2.87 bits per heavy atom. The third-order valence-corrected chi connectivity index (χ3v) is 6.17. The van der Waals surface area contributed by atoms with Crippen LogP contribution in [0.4, 0.5) is 9.93 Å². The summed E-state index contributed by atoms with van der Waals surface area (Å²) in [5.41, 5.74) is -0.648. The third-order valence-electron chi connectivity index (χ3n) is 5.10. The number of aliphatic hydroxyl groups is 1. The van der Waals surface area contributed by atoms with Gasteiger partial charge in [-0.1, -0.05) is 19.3 Å². The van der Waals surface area contributed by atoms with Crippen LogP contribution >= 0.6 is 11.3 Å². The maximum Gasteiger partial charge on any atom is 0.323 e. The molecule has 0 bridgehead atoms. The van der Waals surface area contributed by atoms with Gasteiger partial charge in [0.2, 0.25) is 0 Å². The average Bonchev–Trinajstić information content (AvgIpc) is 2.91. The lowest BCUT2D eigenvalue weighted by Gasteiger charge is -2.22. The molecule has 1 saturated carbocycles. The molecule has 1 aromatic rings. The molecule has 1 aliphatic carbocycles. The second-order valence-corrected chi connectivity index (χ2v) is 8.23. The smallest absolute Gasteiger partial charge is 0.323 e. The van der Waals surface area contributed by atoms with Gasteiger partial charge in [0, 0.05) is 24.2 Å². The normalized spacial score (nSPS) is 26.8. The fourth-order valence-corrected chi connectivity index (χ4v) is 4.53. The number of hydrogen-bond donors (Lipinski definition) is 2. The maximum absolute atomic E-state index is 12.4. The van der Waals surface area contributed by atoms with Crippen LogP contribution in [-0.2, 0) is 0 Å². The molecule has 1 saturated heterocycles. The van der Waals surface area contributed by atoms with E-state index < -0.39 is 5.60 Å². The van der Waals surface area contributed by atoms with Gasteiger partial charge < -0.3 is 10.0 Å². The number of anilines is 1.